The van der Waals surface area contributed by atoms with Gasteiger partial charge in [-0.25, -0.2) is 0 Å². The molecule has 0 radical (unpaired) electrons. The number of hydrogen-bond donors (Lipinski definition) is 1. The number of nitrogens with two attached hydrogens (primary N) is 1. The van der Waals surface area contributed by atoms with E-state index in [0.29, 0.717) is 30.0 Å². The van der Waals surface area contributed by atoms with Crippen LogP contribution in [0, 0.1) is 5.92 Å². The van der Waals surface area contributed by atoms with Crippen molar-refractivity contribution in [1.82, 2.24) is 4.90 Å². The molecule has 1 amide bonds. The Hall–Kier alpha value is -1.29. The topological polar surface area (TPSA) is 59.5 Å². The highest BCUT2D eigenvalue weighted by Gasteiger charge is 2.27. The average molecular weight is 250 g/mol. The number of nitrogens with zero attached hydrogens (tertiary/aromatic N) is 1. The van der Waals surface area contributed by atoms with Crippen LogP contribution in [-0.2, 0) is 6.54 Å². The molecular weight excluding hydrogens is 228 g/mol. The van der Waals surface area contributed by atoms with Crippen LogP contribution in [0.2, 0.25) is 0 Å². The van der Waals surface area contributed by atoms with Gasteiger partial charge in [0.25, 0.3) is 5.91 Å². The van der Waals surface area contributed by atoms with Gasteiger partial charge in [-0.3, -0.25) is 4.79 Å². The number of hydrogen-bond acceptors (Lipinski definition) is 3. The first kappa shape index (κ1) is 13.1. The van der Waals surface area contributed by atoms with E-state index in [1.54, 1.807) is 12.1 Å². The van der Waals surface area contributed by atoms with Crippen molar-refractivity contribution in [2.45, 2.75) is 45.2 Å². The Morgan fingerprint density at radius 3 is 2.89 bits per heavy atom. The zero-order valence-electron chi connectivity index (χ0n) is 11.2. The summed E-state index contributed by atoms with van der Waals surface area (Å²) in [6, 6.07) is 3.82. The van der Waals surface area contributed by atoms with E-state index in [2.05, 4.69) is 6.92 Å². The number of carbonyl (C=O) groups is 1. The Morgan fingerprint density at radius 2 is 2.28 bits per heavy atom. The standard InChI is InChI=1S/C14H22N2O2/c1-10-4-3-5-11(8-10)16(2)14(17)13-7-6-12(9-15)18-13/h6-7,10-11H,3-5,8-9,15H2,1-2H3. The van der Waals surface area contributed by atoms with Crippen molar-refractivity contribution in [2.24, 2.45) is 11.7 Å². The smallest absolute Gasteiger partial charge is 0.289 e. The second-order valence-corrected chi connectivity index (χ2v) is 5.31. The third-order valence-electron chi connectivity index (χ3n) is 3.85. The second kappa shape index (κ2) is 5.57. The fraction of sp³-hybridized carbons (Fsp3) is 0.643. The van der Waals surface area contributed by atoms with E-state index in [1.807, 2.05) is 11.9 Å². The molecule has 2 atom stereocenters. The molecule has 2 N–H and O–H groups in total. The maximum atomic E-state index is 12.3. The van der Waals surface area contributed by atoms with E-state index in [1.165, 1.54) is 12.8 Å². The maximum absolute atomic E-state index is 12.3. The van der Waals surface area contributed by atoms with Gasteiger partial charge in [-0.2, -0.15) is 0 Å². The van der Waals surface area contributed by atoms with Crippen LogP contribution < -0.4 is 5.73 Å². The molecule has 1 aliphatic carbocycles. The molecule has 0 saturated heterocycles. The summed E-state index contributed by atoms with van der Waals surface area (Å²) in [5.41, 5.74) is 5.48. The van der Waals surface area contributed by atoms with Gasteiger partial charge in [0.2, 0.25) is 0 Å². The van der Waals surface area contributed by atoms with Crippen LogP contribution in [0.15, 0.2) is 16.5 Å². The lowest BCUT2D eigenvalue weighted by Gasteiger charge is -2.33. The lowest BCUT2D eigenvalue weighted by molar-refractivity contribution is 0.0638. The first-order valence-electron chi connectivity index (χ1n) is 6.67. The maximum Gasteiger partial charge on any atom is 0.289 e. The molecule has 4 heteroatoms. The van der Waals surface area contributed by atoms with Crippen molar-refractivity contribution in [2.75, 3.05) is 7.05 Å². The SMILES string of the molecule is CC1CCCC(N(C)C(=O)c2ccc(CN)o2)C1. The van der Waals surface area contributed by atoms with Gasteiger partial charge in [-0.1, -0.05) is 19.8 Å². The summed E-state index contributed by atoms with van der Waals surface area (Å²) < 4.78 is 5.42. The third-order valence-corrected chi connectivity index (χ3v) is 3.85. The number of carbonyl (C=O) groups excluding carboxylic acids is 1. The van der Waals surface area contributed by atoms with Crippen molar-refractivity contribution in [3.8, 4) is 0 Å². The molecule has 2 rings (SSSR count). The van der Waals surface area contributed by atoms with Gasteiger partial charge in [-0.15, -0.1) is 0 Å². The van der Waals surface area contributed by atoms with Crippen LogP contribution in [0.3, 0.4) is 0 Å². The molecule has 1 aromatic rings. The third kappa shape index (κ3) is 2.75. The van der Waals surface area contributed by atoms with Gasteiger partial charge < -0.3 is 15.1 Å². The normalized spacial score (nSPS) is 23.9. The predicted molar refractivity (Wildman–Crippen MR) is 70.1 cm³/mol. The van der Waals surface area contributed by atoms with Crippen molar-refractivity contribution < 1.29 is 9.21 Å². The molecule has 0 aromatic carbocycles. The molecule has 100 valence electrons. The van der Waals surface area contributed by atoms with Crippen molar-refractivity contribution in [3.05, 3.63) is 23.7 Å². The van der Waals surface area contributed by atoms with Gasteiger partial charge in [0.15, 0.2) is 5.76 Å². The fourth-order valence-electron chi connectivity index (χ4n) is 2.70. The van der Waals surface area contributed by atoms with Gasteiger partial charge in [0.1, 0.15) is 5.76 Å². The van der Waals surface area contributed by atoms with E-state index < -0.39 is 0 Å². The summed E-state index contributed by atoms with van der Waals surface area (Å²) in [7, 11) is 1.87. The summed E-state index contributed by atoms with van der Waals surface area (Å²) in [4.78, 5) is 14.1. The Kier molecular flexibility index (Phi) is 4.07. The zero-order chi connectivity index (χ0) is 13.1. The summed E-state index contributed by atoms with van der Waals surface area (Å²) in [6.45, 7) is 2.58. The Morgan fingerprint density at radius 1 is 1.50 bits per heavy atom. The van der Waals surface area contributed by atoms with E-state index in [-0.39, 0.29) is 5.91 Å². The molecule has 0 aliphatic heterocycles. The molecule has 0 bridgehead atoms. The number of amides is 1. The molecule has 18 heavy (non-hydrogen) atoms. The lowest BCUT2D eigenvalue weighted by atomic mass is 9.86. The van der Waals surface area contributed by atoms with Crippen molar-refractivity contribution in [3.63, 3.8) is 0 Å². The molecule has 2 unspecified atom stereocenters. The van der Waals surface area contributed by atoms with Crippen LogP contribution in [0.4, 0.5) is 0 Å². The van der Waals surface area contributed by atoms with Crippen LogP contribution in [0.5, 0.6) is 0 Å². The molecule has 1 aliphatic rings. The fourth-order valence-corrected chi connectivity index (χ4v) is 2.70. The molecule has 1 aromatic heterocycles. The monoisotopic (exact) mass is 250 g/mol. The van der Waals surface area contributed by atoms with E-state index >= 15 is 0 Å². The molecular formula is C14H22N2O2. The minimum atomic E-state index is -0.0335. The molecule has 1 fully saturated rings. The Labute approximate surface area is 108 Å². The summed E-state index contributed by atoms with van der Waals surface area (Å²) in [6.07, 6.45) is 4.66. The van der Waals surface area contributed by atoms with Gasteiger partial charge in [0, 0.05) is 13.1 Å². The molecule has 4 nitrogen and oxygen atoms in total. The highest BCUT2D eigenvalue weighted by atomic mass is 16.4. The van der Waals surface area contributed by atoms with Crippen LogP contribution in [0.25, 0.3) is 0 Å². The number of furan rings is 1. The molecule has 1 saturated carbocycles. The van der Waals surface area contributed by atoms with Crippen molar-refractivity contribution in [1.29, 1.82) is 0 Å². The minimum Gasteiger partial charge on any atom is -0.455 e. The van der Waals surface area contributed by atoms with Crippen LogP contribution >= 0.6 is 0 Å². The highest BCUT2D eigenvalue weighted by Crippen LogP contribution is 2.27. The lowest BCUT2D eigenvalue weighted by Crippen LogP contribution is -2.39. The van der Waals surface area contributed by atoms with E-state index in [4.69, 9.17) is 10.2 Å². The van der Waals surface area contributed by atoms with Gasteiger partial charge in [-0.05, 0) is 30.9 Å². The first-order valence-corrected chi connectivity index (χ1v) is 6.67. The zero-order valence-corrected chi connectivity index (χ0v) is 11.2. The minimum absolute atomic E-state index is 0.0335. The quantitative estimate of drug-likeness (QED) is 0.896. The summed E-state index contributed by atoms with van der Waals surface area (Å²) in [5, 5.41) is 0. The Balaban J connectivity index is 2.03. The van der Waals surface area contributed by atoms with Crippen LogP contribution in [0.1, 0.15) is 48.9 Å². The largest absolute Gasteiger partial charge is 0.455 e. The average Bonchev–Trinajstić information content (AvgIpc) is 2.85. The van der Waals surface area contributed by atoms with Crippen LogP contribution in [-0.4, -0.2) is 23.9 Å². The second-order valence-electron chi connectivity index (χ2n) is 5.31. The predicted octanol–water partition coefficient (Wildman–Crippen LogP) is 2.39. The summed E-state index contributed by atoms with van der Waals surface area (Å²) >= 11 is 0. The number of rotatable bonds is 3. The van der Waals surface area contributed by atoms with Gasteiger partial charge >= 0.3 is 0 Å². The molecule has 1 heterocycles. The first-order chi connectivity index (χ1) is 8.61. The molecule has 0 spiro atoms. The summed E-state index contributed by atoms with van der Waals surface area (Å²) in [5.74, 6) is 1.73. The highest BCUT2D eigenvalue weighted by molar-refractivity contribution is 5.91. The Bertz CT molecular complexity index is 414. The van der Waals surface area contributed by atoms with E-state index in [9.17, 15) is 4.79 Å². The van der Waals surface area contributed by atoms with Gasteiger partial charge in [0.05, 0.1) is 6.54 Å². The van der Waals surface area contributed by atoms with Crippen molar-refractivity contribution >= 4 is 5.91 Å². The van der Waals surface area contributed by atoms with E-state index in [0.717, 1.165) is 12.8 Å².